The van der Waals surface area contributed by atoms with Crippen LogP contribution in [0, 0.1) is 0 Å². The maximum atomic E-state index is 11.6. The average Bonchev–Trinajstić information content (AvgIpc) is 2.48. The molecule has 1 atom stereocenters. The summed E-state index contributed by atoms with van der Waals surface area (Å²) in [5.74, 6) is 1.21. The number of amides is 1. The largest absolute Gasteiger partial charge is 0.497 e. The first-order valence-corrected chi connectivity index (χ1v) is 7.34. The molecule has 0 radical (unpaired) electrons. The van der Waals surface area contributed by atoms with Gasteiger partial charge in [0.15, 0.2) is 0 Å². The highest BCUT2D eigenvalue weighted by Gasteiger charge is 2.18. The quantitative estimate of drug-likeness (QED) is 0.888. The van der Waals surface area contributed by atoms with Crippen LogP contribution >= 0.6 is 11.8 Å². The van der Waals surface area contributed by atoms with E-state index < -0.39 is 0 Å². The summed E-state index contributed by atoms with van der Waals surface area (Å²) in [4.78, 5) is 11.6. The van der Waals surface area contributed by atoms with Crippen molar-refractivity contribution in [3.8, 4) is 5.75 Å². The van der Waals surface area contributed by atoms with Crippen LogP contribution in [-0.2, 0) is 10.5 Å². The van der Waals surface area contributed by atoms with Crippen LogP contribution in [0.15, 0.2) is 54.6 Å². The molecule has 1 amide bonds. The van der Waals surface area contributed by atoms with Crippen LogP contribution in [0.4, 0.5) is 0 Å². The van der Waals surface area contributed by atoms with E-state index >= 15 is 0 Å². The number of thioether (sulfide) groups is 1. The molecule has 2 aromatic rings. The lowest BCUT2D eigenvalue weighted by Gasteiger charge is -2.13. The molecule has 2 rings (SSSR count). The molecule has 0 saturated carbocycles. The molecule has 0 fully saturated rings. The first-order chi connectivity index (χ1) is 9.70. The van der Waals surface area contributed by atoms with Crippen molar-refractivity contribution < 1.29 is 9.53 Å². The SMILES string of the molecule is COc1cccc(CS[C@H](C(N)=O)c2ccccc2)c1. The molecule has 0 saturated heterocycles. The highest BCUT2D eigenvalue weighted by Crippen LogP contribution is 2.31. The number of rotatable bonds is 6. The number of nitrogens with two attached hydrogens (primary N) is 1. The van der Waals surface area contributed by atoms with E-state index in [1.807, 2.05) is 54.6 Å². The highest BCUT2D eigenvalue weighted by molar-refractivity contribution is 7.99. The van der Waals surface area contributed by atoms with Gasteiger partial charge in [-0.05, 0) is 23.3 Å². The van der Waals surface area contributed by atoms with Gasteiger partial charge in [-0.2, -0.15) is 0 Å². The fourth-order valence-electron chi connectivity index (χ4n) is 1.91. The molecule has 0 aliphatic heterocycles. The monoisotopic (exact) mass is 287 g/mol. The number of ether oxygens (including phenoxy) is 1. The predicted octanol–water partition coefficient (Wildman–Crippen LogP) is 3.16. The molecule has 4 heteroatoms. The van der Waals surface area contributed by atoms with E-state index in [4.69, 9.17) is 10.5 Å². The molecule has 0 aliphatic rings. The van der Waals surface area contributed by atoms with Crippen molar-refractivity contribution in [2.45, 2.75) is 11.0 Å². The minimum Gasteiger partial charge on any atom is -0.497 e. The molecule has 20 heavy (non-hydrogen) atoms. The zero-order valence-electron chi connectivity index (χ0n) is 11.3. The Hall–Kier alpha value is -1.94. The van der Waals surface area contributed by atoms with E-state index in [0.717, 1.165) is 16.9 Å². The molecule has 2 N–H and O–H groups in total. The summed E-state index contributed by atoms with van der Waals surface area (Å²) >= 11 is 1.52. The molecular formula is C16H17NO2S. The van der Waals surface area contributed by atoms with Crippen molar-refractivity contribution in [3.05, 3.63) is 65.7 Å². The Balaban J connectivity index is 2.08. The Labute approximate surface area is 123 Å². The van der Waals surface area contributed by atoms with Crippen molar-refractivity contribution in [2.75, 3.05) is 7.11 Å². The predicted molar refractivity (Wildman–Crippen MR) is 82.7 cm³/mol. The van der Waals surface area contributed by atoms with Crippen LogP contribution < -0.4 is 10.5 Å². The van der Waals surface area contributed by atoms with Gasteiger partial charge in [0.1, 0.15) is 11.0 Å². The first kappa shape index (κ1) is 14.5. The zero-order chi connectivity index (χ0) is 14.4. The molecule has 2 aromatic carbocycles. The Morgan fingerprint density at radius 3 is 2.60 bits per heavy atom. The number of primary amides is 1. The second-order valence-electron chi connectivity index (χ2n) is 4.36. The van der Waals surface area contributed by atoms with Gasteiger partial charge in [-0.1, -0.05) is 42.5 Å². The molecule has 0 heterocycles. The van der Waals surface area contributed by atoms with E-state index in [-0.39, 0.29) is 11.2 Å². The Morgan fingerprint density at radius 1 is 1.20 bits per heavy atom. The zero-order valence-corrected chi connectivity index (χ0v) is 12.1. The number of carbonyl (C=O) groups excluding carboxylic acids is 1. The lowest BCUT2D eigenvalue weighted by molar-refractivity contribution is -0.117. The van der Waals surface area contributed by atoms with Crippen LogP contribution in [0.3, 0.4) is 0 Å². The van der Waals surface area contributed by atoms with Crippen molar-refractivity contribution in [3.63, 3.8) is 0 Å². The first-order valence-electron chi connectivity index (χ1n) is 6.29. The number of methoxy groups -OCH3 is 1. The summed E-state index contributed by atoms with van der Waals surface area (Å²) in [7, 11) is 1.64. The smallest absolute Gasteiger partial charge is 0.235 e. The summed E-state index contributed by atoms with van der Waals surface area (Å²) in [6.45, 7) is 0. The van der Waals surface area contributed by atoms with Crippen LogP contribution in [0.25, 0.3) is 0 Å². The van der Waals surface area contributed by atoms with Gasteiger partial charge in [-0.15, -0.1) is 11.8 Å². The van der Waals surface area contributed by atoms with E-state index in [9.17, 15) is 4.79 Å². The van der Waals surface area contributed by atoms with E-state index in [1.54, 1.807) is 7.11 Å². The summed E-state index contributed by atoms with van der Waals surface area (Å²) in [5.41, 5.74) is 7.55. The maximum Gasteiger partial charge on any atom is 0.235 e. The van der Waals surface area contributed by atoms with Gasteiger partial charge < -0.3 is 10.5 Å². The molecule has 0 spiro atoms. The number of carbonyl (C=O) groups is 1. The topological polar surface area (TPSA) is 52.3 Å². The van der Waals surface area contributed by atoms with E-state index in [2.05, 4.69) is 0 Å². The van der Waals surface area contributed by atoms with Crippen molar-refractivity contribution >= 4 is 17.7 Å². The van der Waals surface area contributed by atoms with Gasteiger partial charge in [-0.25, -0.2) is 0 Å². The lowest BCUT2D eigenvalue weighted by atomic mass is 10.1. The number of benzene rings is 2. The van der Waals surface area contributed by atoms with Gasteiger partial charge in [0.05, 0.1) is 7.11 Å². The van der Waals surface area contributed by atoms with Crippen LogP contribution in [0.5, 0.6) is 5.75 Å². The molecule has 0 bridgehead atoms. The molecule has 3 nitrogen and oxygen atoms in total. The standard InChI is InChI=1S/C16H17NO2S/c1-19-14-9-5-6-12(10-14)11-20-15(16(17)18)13-7-3-2-4-8-13/h2-10,15H,11H2,1H3,(H2,17,18)/t15-/m0/s1. The molecule has 0 unspecified atom stereocenters. The average molecular weight is 287 g/mol. The van der Waals surface area contributed by atoms with Crippen LogP contribution in [0.2, 0.25) is 0 Å². The van der Waals surface area contributed by atoms with Crippen molar-refractivity contribution in [1.29, 1.82) is 0 Å². The van der Waals surface area contributed by atoms with E-state index in [1.165, 1.54) is 11.8 Å². The van der Waals surface area contributed by atoms with Crippen molar-refractivity contribution in [1.82, 2.24) is 0 Å². The second kappa shape index (κ2) is 7.01. The van der Waals surface area contributed by atoms with Crippen molar-refractivity contribution in [2.24, 2.45) is 5.73 Å². The fourth-order valence-corrected chi connectivity index (χ4v) is 2.96. The normalized spacial score (nSPS) is 11.8. The minimum atomic E-state index is -0.331. The van der Waals surface area contributed by atoms with Gasteiger partial charge in [0, 0.05) is 5.75 Å². The van der Waals surface area contributed by atoms with Gasteiger partial charge in [0.25, 0.3) is 0 Å². The molecule has 0 aromatic heterocycles. The Kier molecular flexibility index (Phi) is 5.07. The van der Waals surface area contributed by atoms with E-state index in [0.29, 0.717) is 5.75 Å². The third-order valence-electron chi connectivity index (χ3n) is 2.91. The third-order valence-corrected chi connectivity index (χ3v) is 4.25. The second-order valence-corrected chi connectivity index (χ2v) is 5.45. The Morgan fingerprint density at radius 2 is 1.95 bits per heavy atom. The summed E-state index contributed by atoms with van der Waals surface area (Å²) in [5, 5.41) is -0.331. The summed E-state index contributed by atoms with van der Waals surface area (Å²) in [6.07, 6.45) is 0. The maximum absolute atomic E-state index is 11.6. The fraction of sp³-hybridized carbons (Fsp3) is 0.188. The minimum absolute atomic E-state index is 0.316. The molecule has 104 valence electrons. The number of hydrogen-bond donors (Lipinski definition) is 1. The lowest BCUT2D eigenvalue weighted by Crippen LogP contribution is -2.19. The van der Waals surface area contributed by atoms with Gasteiger partial charge in [0.2, 0.25) is 5.91 Å². The van der Waals surface area contributed by atoms with Gasteiger partial charge in [-0.3, -0.25) is 4.79 Å². The third kappa shape index (κ3) is 3.78. The summed E-state index contributed by atoms with van der Waals surface area (Å²) < 4.78 is 5.19. The van der Waals surface area contributed by atoms with Crippen LogP contribution in [-0.4, -0.2) is 13.0 Å². The van der Waals surface area contributed by atoms with Gasteiger partial charge >= 0.3 is 0 Å². The molecule has 0 aliphatic carbocycles. The number of hydrogen-bond acceptors (Lipinski definition) is 3. The summed E-state index contributed by atoms with van der Waals surface area (Å²) in [6, 6.07) is 17.4. The highest BCUT2D eigenvalue weighted by atomic mass is 32.2. The molecular weight excluding hydrogens is 270 g/mol. The van der Waals surface area contributed by atoms with Crippen LogP contribution in [0.1, 0.15) is 16.4 Å². The Bertz CT molecular complexity index is 572.